The van der Waals surface area contributed by atoms with Gasteiger partial charge in [0.25, 0.3) is 5.91 Å². The van der Waals surface area contributed by atoms with Crippen LogP contribution in [0.25, 0.3) is 0 Å². The molecule has 1 aliphatic heterocycles. The number of oxime groups is 1. The summed E-state index contributed by atoms with van der Waals surface area (Å²) >= 11 is 1.39. The Morgan fingerprint density at radius 1 is 1.41 bits per heavy atom. The van der Waals surface area contributed by atoms with Crippen molar-refractivity contribution in [3.05, 3.63) is 46.7 Å². The zero-order valence-corrected chi connectivity index (χ0v) is 12.9. The first kappa shape index (κ1) is 14.6. The molecule has 3 rings (SSSR count). The highest BCUT2D eigenvalue weighted by Gasteiger charge is 2.42. The van der Waals surface area contributed by atoms with E-state index in [1.54, 1.807) is 25.3 Å². The van der Waals surface area contributed by atoms with Gasteiger partial charge in [0.15, 0.2) is 5.13 Å². The van der Waals surface area contributed by atoms with E-state index in [4.69, 9.17) is 4.84 Å². The minimum absolute atomic E-state index is 0.303. The SMILES string of the molecule is Cc1cnc(NC(=O)C2(C)CC(c3ccc(F)cc3)=NO2)s1. The second-order valence-corrected chi connectivity index (χ2v) is 6.51. The van der Waals surface area contributed by atoms with Crippen molar-refractivity contribution >= 4 is 28.1 Å². The van der Waals surface area contributed by atoms with E-state index in [2.05, 4.69) is 15.5 Å². The number of hydrogen-bond acceptors (Lipinski definition) is 5. The average Bonchev–Trinajstić information content (AvgIpc) is 3.07. The van der Waals surface area contributed by atoms with Crippen molar-refractivity contribution in [1.29, 1.82) is 0 Å². The lowest BCUT2D eigenvalue weighted by atomic mass is 9.95. The first-order valence-corrected chi connectivity index (χ1v) is 7.53. The van der Waals surface area contributed by atoms with Gasteiger partial charge in [0.1, 0.15) is 5.82 Å². The van der Waals surface area contributed by atoms with Crippen LogP contribution in [0.2, 0.25) is 0 Å². The maximum Gasteiger partial charge on any atom is 0.273 e. The Kier molecular flexibility index (Phi) is 3.66. The third-order valence-electron chi connectivity index (χ3n) is 3.36. The quantitative estimate of drug-likeness (QED) is 0.945. The predicted octanol–water partition coefficient (Wildman–Crippen LogP) is 3.11. The summed E-state index contributed by atoms with van der Waals surface area (Å²) in [4.78, 5) is 22.8. The van der Waals surface area contributed by atoms with Gasteiger partial charge < -0.3 is 4.84 Å². The van der Waals surface area contributed by atoms with Crippen LogP contribution in [0.15, 0.2) is 35.6 Å². The first-order chi connectivity index (χ1) is 10.5. The monoisotopic (exact) mass is 319 g/mol. The van der Waals surface area contributed by atoms with Crippen LogP contribution < -0.4 is 5.32 Å². The molecule has 1 unspecified atom stereocenters. The summed E-state index contributed by atoms with van der Waals surface area (Å²) in [6.07, 6.45) is 2.01. The van der Waals surface area contributed by atoms with Crippen molar-refractivity contribution in [2.75, 3.05) is 5.32 Å². The molecule has 1 amide bonds. The number of aryl methyl sites for hydroxylation is 1. The van der Waals surface area contributed by atoms with Gasteiger partial charge in [-0.25, -0.2) is 9.37 Å². The zero-order valence-electron chi connectivity index (χ0n) is 12.1. The minimum Gasteiger partial charge on any atom is -0.379 e. The summed E-state index contributed by atoms with van der Waals surface area (Å²) in [7, 11) is 0. The molecule has 1 aliphatic rings. The Bertz CT molecular complexity index is 742. The van der Waals surface area contributed by atoms with Crippen molar-refractivity contribution in [1.82, 2.24) is 4.98 Å². The van der Waals surface area contributed by atoms with Crippen molar-refractivity contribution in [3.63, 3.8) is 0 Å². The van der Waals surface area contributed by atoms with Gasteiger partial charge in [-0.15, -0.1) is 11.3 Å². The van der Waals surface area contributed by atoms with Gasteiger partial charge in [-0.3, -0.25) is 10.1 Å². The topological polar surface area (TPSA) is 63.6 Å². The molecule has 2 heterocycles. The summed E-state index contributed by atoms with van der Waals surface area (Å²) in [6.45, 7) is 3.58. The summed E-state index contributed by atoms with van der Waals surface area (Å²) in [5, 5.41) is 7.24. The second kappa shape index (κ2) is 5.49. The van der Waals surface area contributed by atoms with Crippen LogP contribution in [0.3, 0.4) is 0 Å². The van der Waals surface area contributed by atoms with Crippen molar-refractivity contribution < 1.29 is 14.0 Å². The average molecular weight is 319 g/mol. The lowest BCUT2D eigenvalue weighted by Gasteiger charge is -2.19. The molecule has 22 heavy (non-hydrogen) atoms. The fourth-order valence-electron chi connectivity index (χ4n) is 2.10. The number of aromatic nitrogens is 1. The van der Waals surface area contributed by atoms with E-state index in [1.807, 2.05) is 6.92 Å². The number of nitrogens with zero attached hydrogens (tertiary/aromatic N) is 2. The first-order valence-electron chi connectivity index (χ1n) is 6.71. The molecule has 1 atom stereocenters. The zero-order chi connectivity index (χ0) is 15.7. The number of anilines is 1. The summed E-state index contributed by atoms with van der Waals surface area (Å²) in [6, 6.07) is 5.94. The molecule has 0 aliphatic carbocycles. The molecule has 5 nitrogen and oxygen atoms in total. The largest absolute Gasteiger partial charge is 0.379 e. The van der Waals surface area contributed by atoms with Crippen LogP contribution in [-0.4, -0.2) is 22.2 Å². The van der Waals surface area contributed by atoms with Gasteiger partial charge in [-0.2, -0.15) is 0 Å². The lowest BCUT2D eigenvalue weighted by Crippen LogP contribution is -2.40. The maximum absolute atomic E-state index is 13.0. The van der Waals surface area contributed by atoms with E-state index in [-0.39, 0.29) is 11.7 Å². The molecular weight excluding hydrogens is 305 g/mol. The third-order valence-corrected chi connectivity index (χ3v) is 4.19. The summed E-state index contributed by atoms with van der Waals surface area (Å²) in [5.41, 5.74) is 0.263. The number of benzene rings is 1. The number of halogens is 1. The minimum atomic E-state index is -1.09. The Balaban J connectivity index is 1.71. The molecule has 0 radical (unpaired) electrons. The van der Waals surface area contributed by atoms with Gasteiger partial charge in [0, 0.05) is 17.5 Å². The number of nitrogens with one attached hydrogen (secondary N) is 1. The molecule has 1 N–H and O–H groups in total. The van der Waals surface area contributed by atoms with E-state index in [9.17, 15) is 9.18 Å². The lowest BCUT2D eigenvalue weighted by molar-refractivity contribution is -0.135. The molecule has 0 fully saturated rings. The van der Waals surface area contributed by atoms with E-state index < -0.39 is 5.60 Å². The normalized spacial score (nSPS) is 20.4. The maximum atomic E-state index is 13.0. The molecule has 7 heteroatoms. The number of hydrogen-bond donors (Lipinski definition) is 1. The molecule has 114 valence electrons. The van der Waals surface area contributed by atoms with Gasteiger partial charge in [-0.05, 0) is 31.5 Å². The fraction of sp³-hybridized carbons (Fsp3) is 0.267. The van der Waals surface area contributed by atoms with E-state index >= 15 is 0 Å². The van der Waals surface area contributed by atoms with Crippen LogP contribution in [0.5, 0.6) is 0 Å². The molecule has 0 saturated carbocycles. The Morgan fingerprint density at radius 2 is 2.14 bits per heavy atom. The third kappa shape index (κ3) is 2.85. The highest BCUT2D eigenvalue weighted by Crippen LogP contribution is 2.29. The molecule has 1 aromatic carbocycles. The van der Waals surface area contributed by atoms with Crippen LogP contribution in [-0.2, 0) is 9.63 Å². The van der Waals surface area contributed by atoms with Crippen LogP contribution in [0.1, 0.15) is 23.8 Å². The number of amides is 1. The molecule has 2 aromatic rings. The second-order valence-electron chi connectivity index (χ2n) is 5.27. The Hall–Kier alpha value is -2.28. The van der Waals surface area contributed by atoms with E-state index in [0.717, 1.165) is 10.4 Å². The molecule has 0 spiro atoms. The fourth-order valence-corrected chi connectivity index (χ4v) is 2.76. The van der Waals surface area contributed by atoms with E-state index in [1.165, 1.54) is 23.5 Å². The molecule has 0 saturated heterocycles. The molecule has 1 aromatic heterocycles. The van der Waals surface area contributed by atoms with Crippen molar-refractivity contribution in [2.24, 2.45) is 5.16 Å². The van der Waals surface area contributed by atoms with Gasteiger partial charge in [-0.1, -0.05) is 17.3 Å². The predicted molar refractivity (Wildman–Crippen MR) is 82.5 cm³/mol. The van der Waals surface area contributed by atoms with Crippen molar-refractivity contribution in [2.45, 2.75) is 25.9 Å². The summed E-state index contributed by atoms with van der Waals surface area (Å²) < 4.78 is 13.0. The standard InChI is InChI=1S/C15H14FN3O2S/c1-9-8-17-14(22-9)18-13(20)15(2)7-12(19-21-15)10-3-5-11(16)6-4-10/h3-6,8H,7H2,1-2H3,(H,17,18,20). The van der Waals surface area contributed by atoms with Gasteiger partial charge in [0.2, 0.25) is 5.60 Å². The van der Waals surface area contributed by atoms with E-state index in [0.29, 0.717) is 17.3 Å². The highest BCUT2D eigenvalue weighted by molar-refractivity contribution is 7.15. The molecular formula is C15H14FN3O2S. The number of rotatable bonds is 3. The molecule has 0 bridgehead atoms. The highest BCUT2D eigenvalue weighted by atomic mass is 32.1. The van der Waals surface area contributed by atoms with Crippen LogP contribution in [0.4, 0.5) is 9.52 Å². The van der Waals surface area contributed by atoms with Crippen LogP contribution in [0, 0.1) is 12.7 Å². The number of carbonyl (C=O) groups is 1. The number of thiazole rings is 1. The van der Waals surface area contributed by atoms with Crippen molar-refractivity contribution in [3.8, 4) is 0 Å². The Morgan fingerprint density at radius 3 is 2.77 bits per heavy atom. The Labute approximate surface area is 130 Å². The summed E-state index contributed by atoms with van der Waals surface area (Å²) in [5.74, 6) is -0.620. The van der Waals surface area contributed by atoms with Crippen LogP contribution >= 0.6 is 11.3 Å². The van der Waals surface area contributed by atoms with Gasteiger partial charge >= 0.3 is 0 Å². The smallest absolute Gasteiger partial charge is 0.273 e. The van der Waals surface area contributed by atoms with Gasteiger partial charge in [0.05, 0.1) is 5.71 Å². The number of carbonyl (C=O) groups excluding carboxylic acids is 1.